The monoisotopic (exact) mass is 416 g/mol. The highest BCUT2D eigenvalue weighted by atomic mass is 35.5. The maximum absolute atomic E-state index is 13.5. The van der Waals surface area contributed by atoms with Crippen molar-refractivity contribution in [1.82, 2.24) is 14.8 Å². The summed E-state index contributed by atoms with van der Waals surface area (Å²) in [6.45, 7) is 5.99. The number of pyridine rings is 1. The van der Waals surface area contributed by atoms with Crippen LogP contribution in [0.1, 0.15) is 34.1 Å². The maximum Gasteiger partial charge on any atom is 0.261 e. The third-order valence-electron chi connectivity index (χ3n) is 5.74. The summed E-state index contributed by atoms with van der Waals surface area (Å²) < 4.78 is 1.78. The summed E-state index contributed by atoms with van der Waals surface area (Å²) in [6, 6.07) is 16.1. The fourth-order valence-corrected chi connectivity index (χ4v) is 4.58. The minimum absolute atomic E-state index is 0.0676. The number of anilines is 1. The standard InChI is InChI=1S/C24H21ClN4O/c1-14-8-10-18(11-9-14)29-23-21(16(3)27-29)22(25)19(13-26-23)24(30)28-15(2)12-17-6-4-5-7-20(17)28/h4-11,13,15H,12H2,1-3H3/t15-/m0/s1. The molecule has 6 heteroatoms. The molecule has 0 spiro atoms. The second kappa shape index (κ2) is 6.96. The van der Waals surface area contributed by atoms with Crippen LogP contribution in [0.3, 0.4) is 0 Å². The molecule has 0 radical (unpaired) electrons. The minimum Gasteiger partial charge on any atom is -0.305 e. The Morgan fingerprint density at radius 2 is 1.83 bits per heavy atom. The summed E-state index contributed by atoms with van der Waals surface area (Å²) in [7, 11) is 0. The van der Waals surface area contributed by atoms with Crippen LogP contribution in [0.15, 0.2) is 54.7 Å². The average molecular weight is 417 g/mol. The lowest BCUT2D eigenvalue weighted by molar-refractivity contribution is 0.0981. The Hall–Kier alpha value is -3.18. The van der Waals surface area contributed by atoms with Crippen LogP contribution in [0.2, 0.25) is 5.02 Å². The van der Waals surface area contributed by atoms with Gasteiger partial charge in [0.25, 0.3) is 5.91 Å². The van der Waals surface area contributed by atoms with E-state index in [2.05, 4.69) is 23.1 Å². The molecule has 0 unspecified atom stereocenters. The molecule has 5 rings (SSSR count). The summed E-state index contributed by atoms with van der Waals surface area (Å²) in [6.07, 6.45) is 2.41. The number of carbonyl (C=O) groups is 1. The largest absolute Gasteiger partial charge is 0.305 e. The average Bonchev–Trinajstić information content (AvgIpc) is 3.25. The molecule has 0 saturated heterocycles. The van der Waals surface area contributed by atoms with Crippen LogP contribution in [0.5, 0.6) is 0 Å². The Balaban J connectivity index is 1.62. The molecular formula is C24H21ClN4O. The number of hydrogen-bond acceptors (Lipinski definition) is 3. The van der Waals surface area contributed by atoms with Crippen molar-refractivity contribution in [3.8, 4) is 5.69 Å². The Labute approximate surface area is 179 Å². The molecule has 0 N–H and O–H groups in total. The number of nitrogens with zero attached hydrogens (tertiary/aromatic N) is 4. The van der Waals surface area contributed by atoms with Gasteiger partial charge in [-0.1, -0.05) is 47.5 Å². The molecule has 150 valence electrons. The third-order valence-corrected chi connectivity index (χ3v) is 6.14. The van der Waals surface area contributed by atoms with E-state index in [1.807, 2.05) is 61.2 Å². The fourth-order valence-electron chi connectivity index (χ4n) is 4.23. The lowest BCUT2D eigenvalue weighted by atomic mass is 10.1. The van der Waals surface area contributed by atoms with Gasteiger partial charge in [-0.3, -0.25) is 4.79 Å². The zero-order chi connectivity index (χ0) is 21.0. The van der Waals surface area contributed by atoms with E-state index < -0.39 is 0 Å². The Morgan fingerprint density at radius 3 is 2.60 bits per heavy atom. The van der Waals surface area contributed by atoms with Crippen molar-refractivity contribution >= 4 is 34.2 Å². The van der Waals surface area contributed by atoms with Gasteiger partial charge in [-0.25, -0.2) is 9.67 Å². The van der Waals surface area contributed by atoms with E-state index in [0.29, 0.717) is 21.6 Å². The van der Waals surface area contributed by atoms with E-state index in [1.54, 1.807) is 10.9 Å². The molecule has 2 aromatic heterocycles. The number of aromatic nitrogens is 3. The van der Waals surface area contributed by atoms with Crippen LogP contribution >= 0.6 is 11.6 Å². The first-order valence-corrected chi connectivity index (χ1v) is 10.4. The Kier molecular flexibility index (Phi) is 4.36. The SMILES string of the molecule is Cc1ccc(-n2nc(C)c3c(Cl)c(C(=O)N4c5ccccc5C[C@@H]4C)cnc32)cc1. The highest BCUT2D eigenvalue weighted by molar-refractivity contribution is 6.39. The van der Waals surface area contributed by atoms with E-state index in [1.165, 1.54) is 11.1 Å². The van der Waals surface area contributed by atoms with E-state index in [-0.39, 0.29) is 11.9 Å². The van der Waals surface area contributed by atoms with Gasteiger partial charge in [-0.2, -0.15) is 5.10 Å². The molecule has 3 heterocycles. The van der Waals surface area contributed by atoms with Gasteiger partial charge < -0.3 is 4.90 Å². The van der Waals surface area contributed by atoms with Crippen molar-refractivity contribution in [2.45, 2.75) is 33.2 Å². The predicted octanol–water partition coefficient (Wildman–Crippen LogP) is 5.28. The van der Waals surface area contributed by atoms with Gasteiger partial charge in [-0.15, -0.1) is 0 Å². The number of carbonyl (C=O) groups excluding carboxylic acids is 1. The van der Waals surface area contributed by atoms with Crippen molar-refractivity contribution in [3.63, 3.8) is 0 Å². The molecule has 0 aliphatic carbocycles. The van der Waals surface area contributed by atoms with Crippen LogP contribution in [-0.4, -0.2) is 26.7 Å². The van der Waals surface area contributed by atoms with Crippen LogP contribution in [0.25, 0.3) is 16.7 Å². The number of fused-ring (bicyclic) bond motifs is 2. The number of aryl methyl sites for hydroxylation is 2. The van der Waals surface area contributed by atoms with Crippen molar-refractivity contribution in [1.29, 1.82) is 0 Å². The van der Waals surface area contributed by atoms with Gasteiger partial charge >= 0.3 is 0 Å². The van der Waals surface area contributed by atoms with Crippen molar-refractivity contribution in [3.05, 3.63) is 82.1 Å². The molecule has 0 saturated carbocycles. The molecule has 5 nitrogen and oxygen atoms in total. The normalized spacial score (nSPS) is 15.6. The van der Waals surface area contributed by atoms with Gasteiger partial charge in [0.05, 0.1) is 27.4 Å². The van der Waals surface area contributed by atoms with Crippen LogP contribution < -0.4 is 4.90 Å². The van der Waals surface area contributed by atoms with Crippen LogP contribution in [0, 0.1) is 13.8 Å². The lowest BCUT2D eigenvalue weighted by Crippen LogP contribution is -2.36. The molecule has 1 aliphatic rings. The second-order valence-corrected chi connectivity index (χ2v) is 8.25. The lowest BCUT2D eigenvalue weighted by Gasteiger charge is -2.23. The number of para-hydroxylation sites is 1. The molecule has 1 atom stereocenters. The minimum atomic E-state index is -0.130. The molecule has 0 fully saturated rings. The number of amides is 1. The Bertz CT molecular complexity index is 1290. The van der Waals surface area contributed by atoms with Gasteiger partial charge in [0.1, 0.15) is 0 Å². The van der Waals surface area contributed by atoms with Crippen LogP contribution in [0.4, 0.5) is 5.69 Å². The summed E-state index contributed by atoms with van der Waals surface area (Å²) in [4.78, 5) is 19.9. The highest BCUT2D eigenvalue weighted by Crippen LogP contribution is 2.36. The Morgan fingerprint density at radius 1 is 1.10 bits per heavy atom. The first kappa shape index (κ1) is 18.8. The van der Waals surface area contributed by atoms with Gasteiger partial charge in [0.2, 0.25) is 0 Å². The molecule has 0 bridgehead atoms. The van der Waals surface area contributed by atoms with Crippen molar-refractivity contribution in [2.75, 3.05) is 4.90 Å². The van der Waals surface area contributed by atoms with Crippen molar-refractivity contribution in [2.24, 2.45) is 0 Å². The number of hydrogen-bond donors (Lipinski definition) is 0. The van der Waals surface area contributed by atoms with Gasteiger partial charge in [-0.05, 0) is 51.0 Å². The summed E-state index contributed by atoms with van der Waals surface area (Å²) in [5, 5.41) is 5.76. The smallest absolute Gasteiger partial charge is 0.261 e. The molecule has 4 aromatic rings. The number of benzene rings is 2. The summed E-state index contributed by atoms with van der Waals surface area (Å²) >= 11 is 6.78. The number of halogens is 1. The molecule has 1 amide bonds. The highest BCUT2D eigenvalue weighted by Gasteiger charge is 2.33. The van der Waals surface area contributed by atoms with Crippen LogP contribution in [-0.2, 0) is 6.42 Å². The second-order valence-electron chi connectivity index (χ2n) is 7.87. The van der Waals surface area contributed by atoms with E-state index in [4.69, 9.17) is 11.6 Å². The summed E-state index contributed by atoms with van der Waals surface area (Å²) in [5.74, 6) is -0.130. The van der Waals surface area contributed by atoms with E-state index in [9.17, 15) is 4.79 Å². The molecular weight excluding hydrogens is 396 g/mol. The fraction of sp³-hybridized carbons (Fsp3) is 0.208. The first-order chi connectivity index (χ1) is 14.5. The third kappa shape index (κ3) is 2.81. The number of rotatable bonds is 2. The zero-order valence-electron chi connectivity index (χ0n) is 17.1. The predicted molar refractivity (Wildman–Crippen MR) is 120 cm³/mol. The van der Waals surface area contributed by atoms with Gasteiger partial charge in [0, 0.05) is 17.9 Å². The zero-order valence-corrected chi connectivity index (χ0v) is 17.8. The van der Waals surface area contributed by atoms with Gasteiger partial charge in [0.15, 0.2) is 5.65 Å². The van der Waals surface area contributed by atoms with Crippen molar-refractivity contribution < 1.29 is 4.79 Å². The van der Waals surface area contributed by atoms with E-state index >= 15 is 0 Å². The maximum atomic E-state index is 13.5. The molecule has 1 aliphatic heterocycles. The van der Waals surface area contributed by atoms with E-state index in [0.717, 1.165) is 23.5 Å². The molecule has 2 aromatic carbocycles. The first-order valence-electron chi connectivity index (χ1n) is 9.98. The topological polar surface area (TPSA) is 51.0 Å². The quantitative estimate of drug-likeness (QED) is 0.446. The summed E-state index contributed by atoms with van der Waals surface area (Å²) in [5.41, 5.74) is 5.99. The molecule has 30 heavy (non-hydrogen) atoms.